The fraction of sp³-hybridized carbons (Fsp3) is 0.375. The molecule has 1 N–H and O–H groups in total. The molecule has 2 rings (SSSR count). The van der Waals surface area contributed by atoms with Crippen LogP contribution >= 0.6 is 11.6 Å². The van der Waals surface area contributed by atoms with Gasteiger partial charge >= 0.3 is 0 Å². The van der Waals surface area contributed by atoms with Crippen LogP contribution in [0.25, 0.3) is 0 Å². The summed E-state index contributed by atoms with van der Waals surface area (Å²) in [6, 6.07) is 7.48. The lowest BCUT2D eigenvalue weighted by Gasteiger charge is -2.11. The number of hydrogen-bond donors (Lipinski definition) is 1. The molecule has 1 unspecified atom stereocenters. The summed E-state index contributed by atoms with van der Waals surface area (Å²) < 4.78 is 15.8. The van der Waals surface area contributed by atoms with E-state index in [0.717, 1.165) is 13.0 Å². The number of halogens is 2. The third-order valence-corrected chi connectivity index (χ3v) is 3.65. The zero-order valence-electron chi connectivity index (χ0n) is 11.9. The van der Waals surface area contributed by atoms with E-state index in [2.05, 4.69) is 25.2 Å². The molecule has 1 aromatic carbocycles. The largest absolute Gasteiger partial charge is 0.349 e. The predicted octanol–water partition coefficient (Wildman–Crippen LogP) is 4.39. The Kier molecular flexibility index (Phi) is 5.21. The van der Waals surface area contributed by atoms with Gasteiger partial charge in [-0.2, -0.15) is 0 Å². The third-order valence-electron chi connectivity index (χ3n) is 3.36. The Hall–Kier alpha value is -1.32. The Bertz CT molecular complexity index is 565. The van der Waals surface area contributed by atoms with Crippen LogP contribution in [-0.4, -0.2) is 11.1 Å². The van der Waals surface area contributed by atoms with Crippen LogP contribution in [0.4, 0.5) is 4.39 Å². The summed E-state index contributed by atoms with van der Waals surface area (Å²) in [6.45, 7) is 5.77. The number of hydrogen-bond acceptors (Lipinski definition) is 1. The Morgan fingerprint density at radius 1 is 1.35 bits per heavy atom. The number of aromatic nitrogens is 1. The normalized spacial score (nSPS) is 12.6. The molecule has 0 aliphatic carbocycles. The molecule has 0 saturated carbocycles. The zero-order chi connectivity index (χ0) is 14.5. The minimum Gasteiger partial charge on any atom is -0.349 e. The van der Waals surface area contributed by atoms with E-state index < -0.39 is 0 Å². The van der Waals surface area contributed by atoms with Crippen LogP contribution in [0.5, 0.6) is 0 Å². The van der Waals surface area contributed by atoms with E-state index >= 15 is 0 Å². The molecule has 0 fully saturated rings. The van der Waals surface area contributed by atoms with Gasteiger partial charge in [-0.15, -0.1) is 0 Å². The smallest absolute Gasteiger partial charge is 0.146 e. The van der Waals surface area contributed by atoms with Crippen LogP contribution in [0, 0.1) is 5.82 Å². The first kappa shape index (κ1) is 15.1. The first-order chi connectivity index (χ1) is 9.61. The van der Waals surface area contributed by atoms with Crippen molar-refractivity contribution in [3.8, 4) is 0 Å². The van der Waals surface area contributed by atoms with Gasteiger partial charge in [-0.1, -0.05) is 30.7 Å². The first-order valence-corrected chi connectivity index (χ1v) is 7.31. The lowest BCUT2D eigenvalue weighted by molar-refractivity contribution is 0.568. The fourth-order valence-electron chi connectivity index (χ4n) is 2.16. The number of benzene rings is 1. The summed E-state index contributed by atoms with van der Waals surface area (Å²) >= 11 is 5.80. The summed E-state index contributed by atoms with van der Waals surface area (Å²) in [7, 11) is 0. The highest BCUT2D eigenvalue weighted by Crippen LogP contribution is 2.20. The quantitative estimate of drug-likeness (QED) is 0.836. The Morgan fingerprint density at radius 3 is 2.90 bits per heavy atom. The van der Waals surface area contributed by atoms with E-state index in [1.807, 2.05) is 17.0 Å². The topological polar surface area (TPSA) is 17.0 Å². The van der Waals surface area contributed by atoms with Crippen molar-refractivity contribution in [3.05, 3.63) is 58.6 Å². The maximum absolute atomic E-state index is 13.9. The predicted molar refractivity (Wildman–Crippen MR) is 81.7 cm³/mol. The van der Waals surface area contributed by atoms with Gasteiger partial charge in [0.1, 0.15) is 5.82 Å². The third kappa shape index (κ3) is 3.62. The summed E-state index contributed by atoms with van der Waals surface area (Å²) in [6.07, 6.45) is 5.13. The van der Waals surface area contributed by atoms with Crippen molar-refractivity contribution in [2.45, 2.75) is 32.9 Å². The second-order valence-electron chi connectivity index (χ2n) is 5.01. The first-order valence-electron chi connectivity index (χ1n) is 6.93. The molecule has 0 radical (unpaired) electrons. The van der Waals surface area contributed by atoms with Crippen molar-refractivity contribution >= 4 is 11.6 Å². The number of nitrogens with one attached hydrogen (secondary N) is 1. The van der Waals surface area contributed by atoms with Crippen LogP contribution < -0.4 is 5.32 Å². The van der Waals surface area contributed by atoms with Gasteiger partial charge in [-0.3, -0.25) is 0 Å². The number of rotatable bonds is 6. The van der Waals surface area contributed by atoms with Crippen molar-refractivity contribution in [2.75, 3.05) is 6.54 Å². The van der Waals surface area contributed by atoms with Gasteiger partial charge in [0.05, 0.1) is 5.02 Å². The highest BCUT2D eigenvalue weighted by Gasteiger charge is 2.09. The SMILES string of the molecule is CCCNC(C)c1ccn(Cc2cccc(Cl)c2F)c1. The molecular weight excluding hydrogens is 275 g/mol. The summed E-state index contributed by atoms with van der Waals surface area (Å²) in [4.78, 5) is 0. The van der Waals surface area contributed by atoms with Gasteiger partial charge in [0, 0.05) is 30.5 Å². The molecule has 1 heterocycles. The molecule has 1 aromatic heterocycles. The van der Waals surface area contributed by atoms with Gasteiger partial charge in [0.2, 0.25) is 0 Å². The number of nitrogens with zero attached hydrogens (tertiary/aromatic N) is 1. The van der Waals surface area contributed by atoms with E-state index in [0.29, 0.717) is 18.2 Å². The van der Waals surface area contributed by atoms with Crippen molar-refractivity contribution < 1.29 is 4.39 Å². The molecule has 1 atom stereocenters. The van der Waals surface area contributed by atoms with E-state index in [9.17, 15) is 4.39 Å². The van der Waals surface area contributed by atoms with Crippen LogP contribution in [0.2, 0.25) is 5.02 Å². The minimum atomic E-state index is -0.332. The molecule has 2 aromatic rings. The van der Waals surface area contributed by atoms with E-state index in [4.69, 9.17) is 11.6 Å². The summed E-state index contributed by atoms with van der Waals surface area (Å²) in [5.41, 5.74) is 1.81. The second kappa shape index (κ2) is 6.91. The van der Waals surface area contributed by atoms with Crippen molar-refractivity contribution in [2.24, 2.45) is 0 Å². The molecule has 0 bridgehead atoms. The van der Waals surface area contributed by atoms with Crippen LogP contribution in [-0.2, 0) is 6.54 Å². The highest BCUT2D eigenvalue weighted by molar-refractivity contribution is 6.30. The fourth-order valence-corrected chi connectivity index (χ4v) is 2.35. The maximum Gasteiger partial charge on any atom is 0.146 e. The lowest BCUT2D eigenvalue weighted by Crippen LogP contribution is -2.18. The second-order valence-corrected chi connectivity index (χ2v) is 5.41. The maximum atomic E-state index is 13.9. The van der Waals surface area contributed by atoms with Crippen molar-refractivity contribution in [1.29, 1.82) is 0 Å². The van der Waals surface area contributed by atoms with Gasteiger partial charge in [-0.25, -0.2) is 4.39 Å². The molecule has 20 heavy (non-hydrogen) atoms. The van der Waals surface area contributed by atoms with Gasteiger partial charge < -0.3 is 9.88 Å². The van der Waals surface area contributed by atoms with E-state index in [1.54, 1.807) is 18.2 Å². The average molecular weight is 295 g/mol. The lowest BCUT2D eigenvalue weighted by atomic mass is 10.2. The van der Waals surface area contributed by atoms with Gasteiger partial charge in [-0.05, 0) is 37.6 Å². The monoisotopic (exact) mass is 294 g/mol. The Balaban J connectivity index is 2.07. The van der Waals surface area contributed by atoms with Gasteiger partial charge in [0.15, 0.2) is 0 Å². The molecule has 0 amide bonds. The van der Waals surface area contributed by atoms with E-state index in [1.165, 1.54) is 5.56 Å². The van der Waals surface area contributed by atoms with Crippen molar-refractivity contribution in [3.63, 3.8) is 0 Å². The van der Waals surface area contributed by atoms with Crippen molar-refractivity contribution in [1.82, 2.24) is 9.88 Å². The molecular formula is C16H20ClFN2. The Morgan fingerprint density at radius 2 is 2.15 bits per heavy atom. The zero-order valence-corrected chi connectivity index (χ0v) is 12.6. The molecule has 4 heteroatoms. The minimum absolute atomic E-state index is 0.174. The van der Waals surface area contributed by atoms with E-state index in [-0.39, 0.29) is 10.8 Å². The summed E-state index contributed by atoms with van der Waals surface area (Å²) in [5.74, 6) is -0.332. The standard InChI is InChI=1S/C16H20ClFN2/c1-3-8-19-12(2)13-7-9-20(10-13)11-14-5-4-6-15(17)16(14)18/h4-7,9-10,12,19H,3,8,11H2,1-2H3. The van der Waals surface area contributed by atoms with Crippen LogP contribution in [0.15, 0.2) is 36.7 Å². The molecule has 108 valence electrons. The molecule has 0 aliphatic rings. The molecule has 0 aliphatic heterocycles. The summed E-state index contributed by atoms with van der Waals surface area (Å²) in [5, 5.41) is 3.61. The molecule has 0 saturated heterocycles. The molecule has 0 spiro atoms. The van der Waals surface area contributed by atoms with Gasteiger partial charge in [0.25, 0.3) is 0 Å². The Labute approximate surface area is 124 Å². The van der Waals surface area contributed by atoms with Crippen LogP contribution in [0.1, 0.15) is 37.4 Å². The van der Waals surface area contributed by atoms with Crippen LogP contribution in [0.3, 0.4) is 0 Å². The molecule has 2 nitrogen and oxygen atoms in total. The highest BCUT2D eigenvalue weighted by atomic mass is 35.5. The average Bonchev–Trinajstić information content (AvgIpc) is 2.90.